The average Bonchev–Trinajstić information content (AvgIpc) is 2.44. The fourth-order valence-electron chi connectivity index (χ4n) is 2.12. The molecule has 0 aromatic carbocycles. The van der Waals surface area contributed by atoms with Gasteiger partial charge in [0.15, 0.2) is 0 Å². The fourth-order valence-corrected chi connectivity index (χ4v) is 2.12. The molecule has 1 aliphatic rings. The number of hydrogen-bond donors (Lipinski definition) is 0. The molecule has 17 heavy (non-hydrogen) atoms. The van der Waals surface area contributed by atoms with Crippen LogP contribution in [0.15, 0.2) is 0 Å². The highest BCUT2D eigenvalue weighted by molar-refractivity contribution is 6.03. The van der Waals surface area contributed by atoms with E-state index in [0.29, 0.717) is 18.9 Å². The van der Waals surface area contributed by atoms with Gasteiger partial charge in [-0.25, -0.2) is 0 Å². The minimum absolute atomic E-state index is 0. The first-order chi connectivity index (χ1) is 7.43. The molecule has 100 valence electrons. The van der Waals surface area contributed by atoms with Gasteiger partial charge in [-0.15, -0.1) is 0 Å². The number of amides is 2. The van der Waals surface area contributed by atoms with Crippen LogP contribution in [0.2, 0.25) is 0 Å². The van der Waals surface area contributed by atoms with E-state index in [1.165, 1.54) is 4.90 Å². The number of imide groups is 1. The second-order valence-corrected chi connectivity index (χ2v) is 5.47. The molecule has 0 aromatic heterocycles. The second-order valence-electron chi connectivity index (χ2n) is 5.47. The van der Waals surface area contributed by atoms with Gasteiger partial charge in [0.05, 0.1) is 0 Å². The minimum atomic E-state index is -0.0773. The van der Waals surface area contributed by atoms with Crippen LogP contribution >= 0.6 is 0 Å². The normalized spacial score (nSPS) is 20.4. The molecule has 1 aliphatic heterocycles. The van der Waals surface area contributed by atoms with E-state index in [2.05, 4.69) is 13.8 Å². The summed E-state index contributed by atoms with van der Waals surface area (Å²) in [5.41, 5.74) is 0. The van der Waals surface area contributed by atoms with Gasteiger partial charge in [0.25, 0.3) is 0 Å². The largest absolute Gasteiger partial charge is 0.282 e. The molecule has 0 bridgehead atoms. The first kappa shape index (κ1) is 16.1. The molecule has 3 nitrogen and oxygen atoms in total. The SMILES string of the molecule is C.CC(C)CCCN1C(=O)CC(C(C)C)C1=O. The van der Waals surface area contributed by atoms with E-state index in [9.17, 15) is 9.59 Å². The van der Waals surface area contributed by atoms with Gasteiger partial charge in [-0.1, -0.05) is 35.1 Å². The summed E-state index contributed by atoms with van der Waals surface area (Å²) in [5, 5.41) is 0. The van der Waals surface area contributed by atoms with Crippen LogP contribution in [0.1, 0.15) is 54.4 Å². The molecule has 2 amide bonds. The van der Waals surface area contributed by atoms with E-state index in [0.717, 1.165) is 12.8 Å². The number of carbonyl (C=O) groups is 2. The Bertz CT molecular complexity index is 271. The standard InChI is InChI=1S/C13H23NO2.CH4/c1-9(2)6-5-7-14-12(15)8-11(10(3)4)13(14)16;/h9-11H,5-8H2,1-4H3;1H4. The Labute approximate surface area is 106 Å². The van der Waals surface area contributed by atoms with Crippen molar-refractivity contribution in [3.05, 3.63) is 0 Å². The Hall–Kier alpha value is -0.860. The molecule has 1 fully saturated rings. The number of nitrogens with zero attached hydrogens (tertiary/aromatic N) is 1. The number of carbonyl (C=O) groups excluding carboxylic acids is 2. The van der Waals surface area contributed by atoms with E-state index >= 15 is 0 Å². The van der Waals surface area contributed by atoms with Crippen molar-refractivity contribution in [2.75, 3.05) is 6.54 Å². The molecule has 1 atom stereocenters. The fraction of sp³-hybridized carbons (Fsp3) is 0.857. The summed E-state index contributed by atoms with van der Waals surface area (Å²) in [4.78, 5) is 25.1. The number of rotatable bonds is 5. The maximum atomic E-state index is 11.9. The van der Waals surface area contributed by atoms with Crippen molar-refractivity contribution in [2.24, 2.45) is 17.8 Å². The summed E-state index contributed by atoms with van der Waals surface area (Å²) in [6.07, 6.45) is 2.42. The van der Waals surface area contributed by atoms with Gasteiger partial charge in [0, 0.05) is 18.9 Å². The van der Waals surface area contributed by atoms with Crippen LogP contribution in [0.4, 0.5) is 0 Å². The van der Waals surface area contributed by atoms with Gasteiger partial charge in [0.1, 0.15) is 0 Å². The predicted molar refractivity (Wildman–Crippen MR) is 70.5 cm³/mol. The van der Waals surface area contributed by atoms with Gasteiger partial charge in [-0.3, -0.25) is 14.5 Å². The van der Waals surface area contributed by atoms with E-state index in [4.69, 9.17) is 0 Å². The van der Waals surface area contributed by atoms with Crippen molar-refractivity contribution in [1.82, 2.24) is 4.90 Å². The molecule has 0 spiro atoms. The van der Waals surface area contributed by atoms with Crippen LogP contribution in [0.25, 0.3) is 0 Å². The third-order valence-electron chi connectivity index (χ3n) is 3.25. The number of hydrogen-bond acceptors (Lipinski definition) is 2. The highest BCUT2D eigenvalue weighted by Crippen LogP contribution is 2.26. The molecule has 0 N–H and O–H groups in total. The van der Waals surface area contributed by atoms with Crippen LogP contribution in [0, 0.1) is 17.8 Å². The summed E-state index contributed by atoms with van der Waals surface area (Å²) in [5.74, 6) is 0.892. The van der Waals surface area contributed by atoms with Crippen molar-refractivity contribution in [1.29, 1.82) is 0 Å². The Balaban J connectivity index is 0.00000256. The van der Waals surface area contributed by atoms with Gasteiger partial charge >= 0.3 is 0 Å². The van der Waals surface area contributed by atoms with E-state index < -0.39 is 0 Å². The summed E-state index contributed by atoms with van der Waals surface area (Å²) in [6, 6.07) is 0. The van der Waals surface area contributed by atoms with Crippen LogP contribution in [0.5, 0.6) is 0 Å². The zero-order chi connectivity index (χ0) is 12.3. The van der Waals surface area contributed by atoms with Crippen molar-refractivity contribution in [2.45, 2.75) is 54.4 Å². The third-order valence-corrected chi connectivity index (χ3v) is 3.25. The quantitative estimate of drug-likeness (QED) is 0.694. The molecular weight excluding hydrogens is 214 g/mol. The monoisotopic (exact) mass is 241 g/mol. The van der Waals surface area contributed by atoms with Crippen molar-refractivity contribution in [3.8, 4) is 0 Å². The average molecular weight is 241 g/mol. The Morgan fingerprint density at radius 3 is 2.24 bits per heavy atom. The van der Waals surface area contributed by atoms with Gasteiger partial charge < -0.3 is 0 Å². The summed E-state index contributed by atoms with van der Waals surface area (Å²) >= 11 is 0. The number of likely N-dealkylation sites (tertiary alicyclic amines) is 1. The lowest BCUT2D eigenvalue weighted by Gasteiger charge is -2.16. The predicted octanol–water partition coefficient (Wildman–Crippen LogP) is 3.09. The zero-order valence-corrected chi connectivity index (χ0v) is 10.8. The highest BCUT2D eigenvalue weighted by atomic mass is 16.2. The van der Waals surface area contributed by atoms with Gasteiger partial charge in [-0.05, 0) is 24.7 Å². The summed E-state index contributed by atoms with van der Waals surface area (Å²) < 4.78 is 0. The lowest BCUT2D eigenvalue weighted by Crippen LogP contribution is -2.32. The van der Waals surface area contributed by atoms with Crippen LogP contribution in [0.3, 0.4) is 0 Å². The molecule has 0 saturated carbocycles. The maximum absolute atomic E-state index is 11.9. The molecule has 1 unspecified atom stereocenters. The first-order valence-electron chi connectivity index (χ1n) is 6.27. The smallest absolute Gasteiger partial charge is 0.233 e. The molecule has 0 aromatic rings. The van der Waals surface area contributed by atoms with Crippen LogP contribution < -0.4 is 0 Å². The second kappa shape index (κ2) is 6.77. The van der Waals surface area contributed by atoms with Crippen molar-refractivity contribution in [3.63, 3.8) is 0 Å². The lowest BCUT2D eigenvalue weighted by molar-refractivity contribution is -0.139. The molecule has 1 rings (SSSR count). The molecule has 3 heteroatoms. The Kier molecular flexibility index (Phi) is 6.43. The first-order valence-corrected chi connectivity index (χ1v) is 6.27. The van der Waals surface area contributed by atoms with E-state index in [1.807, 2.05) is 13.8 Å². The molecular formula is C14H27NO2. The van der Waals surface area contributed by atoms with Gasteiger partial charge in [0.2, 0.25) is 11.8 Å². The van der Waals surface area contributed by atoms with Crippen molar-refractivity contribution < 1.29 is 9.59 Å². The van der Waals surface area contributed by atoms with Crippen LogP contribution in [-0.4, -0.2) is 23.3 Å². The van der Waals surface area contributed by atoms with Gasteiger partial charge in [-0.2, -0.15) is 0 Å². The molecule has 0 radical (unpaired) electrons. The summed E-state index contributed by atoms with van der Waals surface area (Å²) in [6.45, 7) is 8.94. The van der Waals surface area contributed by atoms with E-state index in [-0.39, 0.29) is 31.1 Å². The maximum Gasteiger partial charge on any atom is 0.233 e. The summed E-state index contributed by atoms with van der Waals surface area (Å²) in [7, 11) is 0. The topological polar surface area (TPSA) is 37.4 Å². The molecule has 1 heterocycles. The van der Waals surface area contributed by atoms with E-state index in [1.54, 1.807) is 0 Å². The Morgan fingerprint density at radius 2 is 1.82 bits per heavy atom. The highest BCUT2D eigenvalue weighted by Gasteiger charge is 2.39. The lowest BCUT2D eigenvalue weighted by atomic mass is 9.94. The molecule has 0 aliphatic carbocycles. The molecule has 1 saturated heterocycles. The Morgan fingerprint density at radius 1 is 1.24 bits per heavy atom. The van der Waals surface area contributed by atoms with Crippen molar-refractivity contribution >= 4 is 11.8 Å². The van der Waals surface area contributed by atoms with Crippen LogP contribution in [-0.2, 0) is 9.59 Å². The zero-order valence-electron chi connectivity index (χ0n) is 10.8. The minimum Gasteiger partial charge on any atom is -0.282 e. The third kappa shape index (κ3) is 4.14.